The lowest BCUT2D eigenvalue weighted by Crippen LogP contribution is -2.74. The number of carbonyl (C=O) groups is 3. The van der Waals surface area contributed by atoms with Crippen molar-refractivity contribution >= 4 is 45.6 Å². The molecule has 2 fully saturated rings. The topological polar surface area (TPSA) is 95.9 Å². The van der Waals surface area contributed by atoms with Crippen molar-refractivity contribution in [3.05, 3.63) is 11.5 Å². The van der Waals surface area contributed by atoms with Crippen molar-refractivity contribution in [3.63, 3.8) is 0 Å². The number of β-lactam (4-membered cyclic amide) rings is 1. The number of alkyl halides is 1. The highest BCUT2D eigenvalue weighted by Crippen LogP contribution is 2.48. The van der Waals surface area contributed by atoms with E-state index in [9.17, 15) is 19.5 Å². The number of halogens is 1. The fraction of sp³-hybridized carbons (Fsp3) is 0.583. The summed E-state index contributed by atoms with van der Waals surface area (Å²) in [5.41, 5.74) is -0.0886. The largest absolute Gasteiger partial charge is 0.476 e. The first-order chi connectivity index (χ1) is 10.0. The van der Waals surface area contributed by atoms with E-state index in [1.807, 2.05) is 0 Å². The van der Waals surface area contributed by atoms with Gasteiger partial charge in [-0.3, -0.25) is 19.8 Å². The maximum absolute atomic E-state index is 12.2. The first kappa shape index (κ1) is 14.9. The van der Waals surface area contributed by atoms with Crippen LogP contribution in [0, 0.1) is 5.92 Å². The Labute approximate surface area is 133 Å². The summed E-state index contributed by atoms with van der Waals surface area (Å²) in [6, 6.07) is -1.23. The maximum Gasteiger partial charge on any atom is 0.356 e. The Hall–Kier alpha value is -1.06. The second-order valence-corrected chi connectivity index (χ2v) is 6.17. The number of Topliss-reactive ketones (excluding diaryl/α,β-unsaturated/α-hetero) is 1. The summed E-state index contributed by atoms with van der Waals surface area (Å²) in [5.74, 6) is -1.49. The molecule has 2 N–H and O–H groups in total. The van der Waals surface area contributed by atoms with Crippen LogP contribution in [-0.2, 0) is 18.6 Å². The fourth-order valence-corrected chi connectivity index (χ4v) is 4.08. The van der Waals surface area contributed by atoms with Gasteiger partial charge in [-0.1, -0.05) is 15.9 Å². The summed E-state index contributed by atoms with van der Waals surface area (Å²) in [6.45, 7) is 0. The lowest BCUT2D eigenvalue weighted by Gasteiger charge is -2.50. The molecule has 3 aliphatic heterocycles. The molecule has 0 aromatic heterocycles. The van der Waals surface area contributed by atoms with Crippen LogP contribution in [0.5, 0.6) is 0 Å². The van der Waals surface area contributed by atoms with Gasteiger partial charge in [0.2, 0.25) is 5.91 Å². The molecule has 21 heavy (non-hydrogen) atoms. The summed E-state index contributed by atoms with van der Waals surface area (Å²) >= 11 is 4.16. The fourth-order valence-electron chi connectivity index (χ4n) is 3.30. The second kappa shape index (κ2) is 5.29. The van der Waals surface area contributed by atoms with E-state index in [4.69, 9.17) is 4.18 Å². The monoisotopic (exact) mass is 376 g/mol. The number of amides is 1. The van der Waals surface area contributed by atoms with Gasteiger partial charge in [-0.2, -0.15) is 0 Å². The van der Waals surface area contributed by atoms with Crippen LogP contribution in [0.3, 0.4) is 0 Å². The smallest absolute Gasteiger partial charge is 0.356 e. The van der Waals surface area contributed by atoms with Crippen molar-refractivity contribution in [2.75, 3.05) is 11.6 Å². The van der Waals surface area contributed by atoms with Crippen molar-refractivity contribution in [1.82, 2.24) is 10.2 Å². The number of nitrogens with one attached hydrogen (secondary N) is 1. The minimum Gasteiger partial charge on any atom is -0.476 e. The SMILES string of the molecule is CSOC1=C(C(=O)O)N2C(=O)[C@H]3N[C@@H](C(=O)CBr)CC1[C@H]32. The third kappa shape index (κ3) is 2.01. The molecule has 9 heteroatoms. The third-order valence-corrected chi connectivity index (χ3v) is 5.03. The van der Waals surface area contributed by atoms with E-state index in [1.54, 1.807) is 6.26 Å². The number of carbonyl (C=O) groups excluding carboxylic acids is 2. The minimum absolute atomic E-state index is 0.0491. The molecular formula is C12H13BrN2O5S. The van der Waals surface area contributed by atoms with Crippen LogP contribution in [0.2, 0.25) is 0 Å². The van der Waals surface area contributed by atoms with Gasteiger partial charge in [0.05, 0.1) is 29.5 Å². The first-order valence-electron chi connectivity index (χ1n) is 6.37. The number of hydrogen-bond acceptors (Lipinski definition) is 6. The highest BCUT2D eigenvalue weighted by atomic mass is 79.9. The average molecular weight is 377 g/mol. The zero-order valence-corrected chi connectivity index (χ0v) is 13.4. The Bertz CT molecular complexity index is 566. The first-order valence-corrected chi connectivity index (χ1v) is 8.64. The lowest BCUT2D eigenvalue weighted by atomic mass is 9.78. The van der Waals surface area contributed by atoms with E-state index in [2.05, 4.69) is 21.2 Å². The quantitative estimate of drug-likeness (QED) is 0.399. The van der Waals surface area contributed by atoms with Crippen LogP contribution in [0.15, 0.2) is 11.5 Å². The van der Waals surface area contributed by atoms with Crippen molar-refractivity contribution in [1.29, 1.82) is 0 Å². The number of piperidine rings is 1. The Morgan fingerprint density at radius 2 is 2.29 bits per heavy atom. The molecule has 114 valence electrons. The van der Waals surface area contributed by atoms with Crippen LogP contribution >= 0.6 is 28.0 Å². The molecule has 0 spiro atoms. The number of hydrogen-bond donors (Lipinski definition) is 2. The lowest BCUT2D eigenvalue weighted by molar-refractivity contribution is -0.155. The van der Waals surface area contributed by atoms with Crippen molar-refractivity contribution in [2.24, 2.45) is 5.92 Å². The molecule has 3 heterocycles. The number of nitrogens with zero attached hydrogens (tertiary/aromatic N) is 1. The molecule has 0 aromatic rings. The van der Waals surface area contributed by atoms with E-state index < -0.39 is 18.1 Å². The van der Waals surface area contributed by atoms with E-state index in [0.29, 0.717) is 12.2 Å². The summed E-state index contributed by atoms with van der Waals surface area (Å²) in [7, 11) is 0. The molecule has 7 nitrogen and oxygen atoms in total. The summed E-state index contributed by atoms with van der Waals surface area (Å²) < 4.78 is 5.42. The van der Waals surface area contributed by atoms with E-state index in [1.165, 1.54) is 4.90 Å². The molecule has 1 amide bonds. The zero-order valence-electron chi connectivity index (χ0n) is 11.0. The summed E-state index contributed by atoms with van der Waals surface area (Å²) in [6.07, 6.45) is 2.12. The molecule has 3 rings (SSSR count). The van der Waals surface area contributed by atoms with Gasteiger partial charge in [0, 0.05) is 12.2 Å². The predicted molar refractivity (Wildman–Crippen MR) is 77.5 cm³/mol. The van der Waals surface area contributed by atoms with Gasteiger partial charge in [-0.05, 0) is 6.42 Å². The normalized spacial score (nSPS) is 33.6. The van der Waals surface area contributed by atoms with Gasteiger partial charge >= 0.3 is 5.97 Å². The van der Waals surface area contributed by atoms with Gasteiger partial charge in [0.15, 0.2) is 17.2 Å². The molecule has 0 bridgehead atoms. The molecular weight excluding hydrogens is 364 g/mol. The van der Waals surface area contributed by atoms with Crippen LogP contribution in [0.1, 0.15) is 6.42 Å². The number of ketones is 1. The van der Waals surface area contributed by atoms with Gasteiger partial charge < -0.3 is 9.29 Å². The zero-order chi connectivity index (χ0) is 15.3. The summed E-state index contributed by atoms with van der Waals surface area (Å²) in [5, 5.41) is 12.6. The number of carboxylic acid groups (broad SMARTS) is 1. The van der Waals surface area contributed by atoms with E-state index >= 15 is 0 Å². The minimum atomic E-state index is -1.18. The Balaban J connectivity index is 1.97. The molecule has 4 atom stereocenters. The van der Waals surface area contributed by atoms with Gasteiger partial charge in [-0.25, -0.2) is 4.79 Å². The standard InChI is InChI=1S/C12H13BrN2O5S/c1-21-20-10-4-2-5(6(16)3-13)14-7-8(4)15(11(7)17)9(10)12(18)19/h4-5,7-8,14H,2-3H2,1H3,(H,18,19)/t4?,5-,7+,8-/m1/s1. The highest BCUT2D eigenvalue weighted by molar-refractivity contribution is 9.09. The van der Waals surface area contributed by atoms with E-state index in [0.717, 1.165) is 12.0 Å². The van der Waals surface area contributed by atoms with Crippen molar-refractivity contribution < 1.29 is 23.7 Å². The molecule has 0 aliphatic carbocycles. The number of carboxylic acids is 1. The Morgan fingerprint density at radius 3 is 2.86 bits per heavy atom. The molecule has 0 saturated carbocycles. The second-order valence-electron chi connectivity index (χ2n) is 5.11. The van der Waals surface area contributed by atoms with Gasteiger partial charge in [0.1, 0.15) is 6.04 Å². The molecule has 3 aliphatic rings. The van der Waals surface area contributed by atoms with Crippen LogP contribution in [0.25, 0.3) is 0 Å². The van der Waals surface area contributed by atoms with Gasteiger partial charge in [0.25, 0.3) is 0 Å². The van der Waals surface area contributed by atoms with Gasteiger partial charge in [-0.15, -0.1) is 0 Å². The predicted octanol–water partition coefficient (Wildman–Crippen LogP) is 0.112. The third-order valence-electron chi connectivity index (χ3n) is 4.13. The molecule has 0 aromatic carbocycles. The molecule has 0 radical (unpaired) electrons. The average Bonchev–Trinajstić information content (AvgIpc) is 2.79. The highest BCUT2D eigenvalue weighted by Gasteiger charge is 2.64. The van der Waals surface area contributed by atoms with Crippen LogP contribution in [0.4, 0.5) is 0 Å². The van der Waals surface area contributed by atoms with Crippen LogP contribution < -0.4 is 5.32 Å². The summed E-state index contributed by atoms with van der Waals surface area (Å²) in [4.78, 5) is 36.8. The Morgan fingerprint density at radius 1 is 1.57 bits per heavy atom. The number of rotatable bonds is 5. The molecule has 1 unspecified atom stereocenters. The number of aliphatic carboxylic acids is 1. The van der Waals surface area contributed by atoms with Crippen molar-refractivity contribution in [2.45, 2.75) is 24.5 Å². The molecule has 2 saturated heterocycles. The van der Waals surface area contributed by atoms with Crippen LogP contribution in [-0.4, -0.2) is 57.4 Å². The maximum atomic E-state index is 12.2. The Kier molecular flexibility index (Phi) is 3.74. The van der Waals surface area contributed by atoms with E-state index in [-0.39, 0.29) is 34.7 Å². The van der Waals surface area contributed by atoms with Crippen molar-refractivity contribution in [3.8, 4) is 0 Å².